The lowest BCUT2D eigenvalue weighted by Gasteiger charge is -2.26. The summed E-state index contributed by atoms with van der Waals surface area (Å²) in [6.07, 6.45) is 3.86. The highest BCUT2D eigenvalue weighted by Crippen LogP contribution is 2.33. The predicted molar refractivity (Wildman–Crippen MR) is 139 cm³/mol. The molecular formula is C26H30N4O6S. The van der Waals surface area contributed by atoms with E-state index in [1.54, 1.807) is 19.9 Å². The van der Waals surface area contributed by atoms with Crippen LogP contribution in [0.2, 0.25) is 0 Å². The molecule has 1 fully saturated rings. The van der Waals surface area contributed by atoms with E-state index in [2.05, 4.69) is 14.7 Å². The summed E-state index contributed by atoms with van der Waals surface area (Å²) >= 11 is 0. The van der Waals surface area contributed by atoms with Crippen LogP contribution in [-0.2, 0) is 26.1 Å². The number of aromatic nitrogens is 2. The van der Waals surface area contributed by atoms with Gasteiger partial charge in [0.1, 0.15) is 17.2 Å². The van der Waals surface area contributed by atoms with Crippen LogP contribution in [0.15, 0.2) is 58.1 Å². The molecule has 11 heteroatoms. The molecule has 0 saturated carbocycles. The maximum Gasteiger partial charge on any atom is 0.322 e. The second-order valence-electron chi connectivity index (χ2n) is 9.60. The van der Waals surface area contributed by atoms with Gasteiger partial charge in [-0.3, -0.25) is 14.4 Å². The molecule has 10 nitrogen and oxygen atoms in total. The first-order valence-corrected chi connectivity index (χ1v) is 13.7. The third-order valence-electron chi connectivity index (χ3n) is 6.68. The van der Waals surface area contributed by atoms with Crippen molar-refractivity contribution in [1.29, 1.82) is 0 Å². The van der Waals surface area contributed by atoms with Gasteiger partial charge < -0.3 is 14.3 Å². The van der Waals surface area contributed by atoms with Gasteiger partial charge in [0.15, 0.2) is 0 Å². The van der Waals surface area contributed by atoms with Gasteiger partial charge in [-0.1, -0.05) is 19.9 Å². The lowest BCUT2D eigenvalue weighted by atomic mass is 10.1. The molecule has 0 aliphatic carbocycles. The summed E-state index contributed by atoms with van der Waals surface area (Å²) in [7, 11) is -4.05. The van der Waals surface area contributed by atoms with Gasteiger partial charge in [-0.15, -0.1) is 0 Å². The Morgan fingerprint density at radius 3 is 2.57 bits per heavy atom. The molecule has 1 atom stereocenters. The van der Waals surface area contributed by atoms with E-state index < -0.39 is 28.0 Å². The van der Waals surface area contributed by atoms with E-state index in [1.165, 1.54) is 12.1 Å². The highest BCUT2D eigenvalue weighted by Gasteiger charge is 2.28. The number of carboxylic acid groups (broad SMARTS) is 1. The largest absolute Gasteiger partial charge is 0.480 e. The second-order valence-corrected chi connectivity index (χ2v) is 11.3. The van der Waals surface area contributed by atoms with E-state index in [-0.39, 0.29) is 4.90 Å². The van der Waals surface area contributed by atoms with E-state index in [4.69, 9.17) is 9.15 Å². The van der Waals surface area contributed by atoms with Gasteiger partial charge in [-0.25, -0.2) is 8.42 Å². The van der Waals surface area contributed by atoms with Crippen molar-refractivity contribution < 1.29 is 27.5 Å². The normalized spacial score (nSPS) is 16.1. The summed E-state index contributed by atoms with van der Waals surface area (Å²) in [6.45, 7) is 8.43. The van der Waals surface area contributed by atoms with Crippen molar-refractivity contribution in [2.24, 2.45) is 5.92 Å². The molecule has 0 bridgehead atoms. The molecule has 0 amide bonds. The van der Waals surface area contributed by atoms with Gasteiger partial charge in [0, 0.05) is 48.2 Å². The fourth-order valence-electron chi connectivity index (χ4n) is 4.51. The number of hydrogen-bond acceptors (Lipinski definition) is 7. The minimum Gasteiger partial charge on any atom is -0.480 e. The van der Waals surface area contributed by atoms with Crippen molar-refractivity contribution in [1.82, 2.24) is 19.4 Å². The number of nitrogens with zero attached hydrogens (tertiary/aromatic N) is 3. The smallest absolute Gasteiger partial charge is 0.322 e. The van der Waals surface area contributed by atoms with Crippen molar-refractivity contribution in [3.05, 3.63) is 48.8 Å². The van der Waals surface area contributed by atoms with Gasteiger partial charge in [-0.05, 0) is 35.7 Å². The van der Waals surface area contributed by atoms with Crippen LogP contribution in [0.5, 0.6) is 0 Å². The molecule has 0 radical (unpaired) electrons. The summed E-state index contributed by atoms with van der Waals surface area (Å²) in [5.41, 5.74) is 3.00. The fraction of sp³-hybridized carbons (Fsp3) is 0.385. The molecule has 1 saturated heterocycles. The molecule has 196 valence electrons. The number of nitrogens with one attached hydrogen (secondary N) is 1. The average Bonchev–Trinajstić information content (AvgIpc) is 3.50. The monoisotopic (exact) mass is 526 g/mol. The maximum absolute atomic E-state index is 12.9. The molecule has 0 spiro atoms. The number of carbonyl (C=O) groups is 1. The van der Waals surface area contributed by atoms with E-state index in [9.17, 15) is 18.3 Å². The Hall–Kier alpha value is -3.25. The van der Waals surface area contributed by atoms with Crippen LogP contribution in [0.1, 0.15) is 13.8 Å². The Labute approximate surface area is 214 Å². The Morgan fingerprint density at radius 1 is 1.05 bits per heavy atom. The zero-order chi connectivity index (χ0) is 26.2. The Bertz CT molecular complexity index is 1540. The zero-order valence-electron chi connectivity index (χ0n) is 20.8. The summed E-state index contributed by atoms with van der Waals surface area (Å²) in [5.74, 6) is -1.63. The SMILES string of the molecule is CC(C)[C@H](NS(=O)(=O)c1ccc2c(c1)oc1ccc(-c3cnn(CCN4CCOCC4)c3)cc12)C(=O)O. The number of morpholine rings is 1. The molecule has 1 aliphatic heterocycles. The van der Waals surface area contributed by atoms with Gasteiger partial charge >= 0.3 is 5.97 Å². The number of sulfonamides is 1. The molecule has 2 aromatic carbocycles. The number of hydrogen-bond donors (Lipinski definition) is 2. The van der Waals surface area contributed by atoms with Crippen LogP contribution in [0.25, 0.3) is 33.1 Å². The number of rotatable bonds is 9. The fourth-order valence-corrected chi connectivity index (χ4v) is 5.87. The van der Waals surface area contributed by atoms with Crippen molar-refractivity contribution in [3.63, 3.8) is 0 Å². The quantitative estimate of drug-likeness (QED) is 0.341. The minimum atomic E-state index is -4.05. The first-order valence-electron chi connectivity index (χ1n) is 12.3. The first kappa shape index (κ1) is 25.4. The number of aliphatic carboxylic acids is 1. The molecule has 3 heterocycles. The summed E-state index contributed by atoms with van der Waals surface area (Å²) in [4.78, 5) is 13.8. The lowest BCUT2D eigenvalue weighted by molar-refractivity contribution is -0.140. The third-order valence-corrected chi connectivity index (χ3v) is 8.12. The number of fused-ring (bicyclic) bond motifs is 3. The second kappa shape index (κ2) is 10.3. The molecule has 0 unspecified atom stereocenters. The third kappa shape index (κ3) is 5.40. The van der Waals surface area contributed by atoms with E-state index in [0.29, 0.717) is 11.2 Å². The van der Waals surface area contributed by atoms with Crippen molar-refractivity contribution >= 4 is 37.9 Å². The van der Waals surface area contributed by atoms with Gasteiger partial charge in [-0.2, -0.15) is 9.82 Å². The van der Waals surface area contributed by atoms with Gasteiger partial charge in [0.05, 0.1) is 30.9 Å². The summed E-state index contributed by atoms with van der Waals surface area (Å²) in [6, 6.07) is 9.19. The highest BCUT2D eigenvalue weighted by atomic mass is 32.2. The number of carboxylic acids is 1. The average molecular weight is 527 g/mol. The van der Waals surface area contributed by atoms with Crippen LogP contribution in [0, 0.1) is 5.92 Å². The van der Waals surface area contributed by atoms with Crippen LogP contribution < -0.4 is 4.72 Å². The van der Waals surface area contributed by atoms with Gasteiger partial charge in [0.25, 0.3) is 0 Å². The van der Waals surface area contributed by atoms with Crippen LogP contribution in [0.4, 0.5) is 0 Å². The van der Waals surface area contributed by atoms with Crippen molar-refractivity contribution in [2.75, 3.05) is 32.8 Å². The van der Waals surface area contributed by atoms with Crippen LogP contribution in [0.3, 0.4) is 0 Å². The summed E-state index contributed by atoms with van der Waals surface area (Å²) in [5, 5.41) is 15.5. The Kier molecular flexibility index (Phi) is 7.04. The molecular weight excluding hydrogens is 496 g/mol. The maximum atomic E-state index is 12.9. The molecule has 1 aliphatic rings. The van der Waals surface area contributed by atoms with E-state index >= 15 is 0 Å². The molecule has 2 N–H and O–H groups in total. The Morgan fingerprint density at radius 2 is 1.84 bits per heavy atom. The lowest BCUT2D eigenvalue weighted by Crippen LogP contribution is -2.44. The predicted octanol–water partition coefficient (Wildman–Crippen LogP) is 3.17. The van der Waals surface area contributed by atoms with Gasteiger partial charge in [0.2, 0.25) is 10.0 Å². The molecule has 4 aromatic rings. The topological polar surface area (TPSA) is 127 Å². The van der Waals surface area contributed by atoms with Crippen molar-refractivity contribution in [3.8, 4) is 11.1 Å². The summed E-state index contributed by atoms with van der Waals surface area (Å²) < 4.78 is 41.3. The Balaban J connectivity index is 1.38. The van der Waals surface area contributed by atoms with E-state index in [0.717, 1.165) is 61.3 Å². The van der Waals surface area contributed by atoms with Crippen molar-refractivity contribution in [2.45, 2.75) is 31.3 Å². The van der Waals surface area contributed by atoms with E-state index in [1.807, 2.05) is 35.3 Å². The number of benzene rings is 2. The molecule has 5 rings (SSSR count). The van der Waals surface area contributed by atoms with Crippen LogP contribution in [-0.4, -0.2) is 73.1 Å². The minimum absolute atomic E-state index is 0.0484. The number of ether oxygens (including phenoxy) is 1. The first-order chi connectivity index (χ1) is 17.7. The number of furan rings is 1. The molecule has 37 heavy (non-hydrogen) atoms. The highest BCUT2D eigenvalue weighted by molar-refractivity contribution is 7.89. The standard InChI is InChI=1S/C26H30N4O6S/c1-17(2)25(26(31)32)28-37(33,34)20-4-5-21-22-13-18(3-6-23(22)36-24(21)14-20)19-15-27-30(16-19)8-7-29-9-11-35-12-10-29/h3-6,13-17,25,28H,7-12H2,1-2H3,(H,31,32)/t25-/m0/s1. The van der Waals surface area contributed by atoms with Crippen LogP contribution >= 0.6 is 0 Å². The zero-order valence-corrected chi connectivity index (χ0v) is 21.6. The molecule has 2 aromatic heterocycles.